The van der Waals surface area contributed by atoms with Crippen LogP contribution in [0, 0.1) is 6.92 Å². The number of benzene rings is 1. The van der Waals surface area contributed by atoms with Crippen LogP contribution >= 0.6 is 0 Å². The zero-order valence-corrected chi connectivity index (χ0v) is 8.23. The summed E-state index contributed by atoms with van der Waals surface area (Å²) in [7, 11) is 0. The van der Waals surface area contributed by atoms with Gasteiger partial charge in [-0.3, -0.25) is 4.79 Å². The summed E-state index contributed by atoms with van der Waals surface area (Å²) in [4.78, 5) is 22.9. The quantitative estimate of drug-likeness (QED) is 0.698. The second-order valence-corrected chi connectivity index (χ2v) is 3.36. The van der Waals surface area contributed by atoms with Crippen LogP contribution in [0.25, 0.3) is 10.9 Å². The van der Waals surface area contributed by atoms with Gasteiger partial charge in [0.25, 0.3) is 5.56 Å². The molecule has 0 saturated carbocycles. The summed E-state index contributed by atoms with van der Waals surface area (Å²) >= 11 is 0. The molecule has 0 atom stereocenters. The van der Waals surface area contributed by atoms with Crippen molar-refractivity contribution >= 4 is 16.9 Å². The van der Waals surface area contributed by atoms with Crippen LogP contribution in [-0.2, 0) is 0 Å². The van der Waals surface area contributed by atoms with E-state index in [2.05, 4.69) is 0 Å². The van der Waals surface area contributed by atoms with Crippen molar-refractivity contribution in [3.63, 3.8) is 0 Å². The number of carbonyl (C=O) groups is 1. The Hall–Kier alpha value is -2.10. The highest BCUT2D eigenvalue weighted by Gasteiger charge is 2.09. The van der Waals surface area contributed by atoms with Crippen molar-refractivity contribution in [3.05, 3.63) is 46.2 Å². The molecule has 0 aliphatic rings. The van der Waals surface area contributed by atoms with Crippen molar-refractivity contribution in [2.45, 2.75) is 6.92 Å². The summed E-state index contributed by atoms with van der Waals surface area (Å²) in [6, 6.07) is 8.13. The monoisotopic (exact) mass is 202 g/mol. The van der Waals surface area contributed by atoms with E-state index in [1.54, 1.807) is 25.1 Å². The van der Waals surface area contributed by atoms with E-state index in [4.69, 9.17) is 5.73 Å². The average molecular weight is 202 g/mol. The van der Waals surface area contributed by atoms with Crippen LogP contribution in [0.1, 0.15) is 5.56 Å². The smallest absolute Gasteiger partial charge is 0.326 e. The van der Waals surface area contributed by atoms with Gasteiger partial charge in [0.1, 0.15) is 0 Å². The van der Waals surface area contributed by atoms with Gasteiger partial charge in [0.15, 0.2) is 0 Å². The first-order valence-corrected chi connectivity index (χ1v) is 4.52. The Kier molecular flexibility index (Phi) is 2.04. The Morgan fingerprint density at radius 1 is 1.33 bits per heavy atom. The maximum absolute atomic E-state index is 11.7. The maximum atomic E-state index is 11.7. The van der Waals surface area contributed by atoms with E-state index in [-0.39, 0.29) is 5.56 Å². The molecule has 4 heteroatoms. The highest BCUT2D eigenvalue weighted by molar-refractivity contribution is 5.89. The molecule has 0 radical (unpaired) electrons. The molecule has 1 aromatic heterocycles. The molecule has 4 nitrogen and oxygen atoms in total. The third-order valence-corrected chi connectivity index (χ3v) is 2.31. The normalized spacial score (nSPS) is 10.5. The number of aromatic nitrogens is 1. The molecule has 2 rings (SSSR count). The first-order chi connectivity index (χ1) is 7.11. The second-order valence-electron chi connectivity index (χ2n) is 3.36. The van der Waals surface area contributed by atoms with Crippen LogP contribution in [0.4, 0.5) is 4.79 Å². The lowest BCUT2D eigenvalue weighted by atomic mass is 10.1. The van der Waals surface area contributed by atoms with Crippen molar-refractivity contribution in [3.8, 4) is 0 Å². The SMILES string of the molecule is Cc1cc2ccccc2n(C(N)=O)c1=O. The van der Waals surface area contributed by atoms with Gasteiger partial charge < -0.3 is 5.73 Å². The first kappa shape index (κ1) is 9.45. The average Bonchev–Trinajstić information content (AvgIpc) is 2.19. The zero-order chi connectivity index (χ0) is 11.0. The lowest BCUT2D eigenvalue weighted by molar-refractivity contribution is 0.250. The molecule has 76 valence electrons. The predicted octanol–water partition coefficient (Wildman–Crippen LogP) is 1.24. The number of carbonyl (C=O) groups excluding carboxylic acids is 1. The largest absolute Gasteiger partial charge is 0.351 e. The Labute approximate surface area is 85.9 Å². The molecule has 0 bridgehead atoms. The van der Waals surface area contributed by atoms with Crippen molar-refractivity contribution in [1.29, 1.82) is 0 Å². The van der Waals surface area contributed by atoms with Gasteiger partial charge >= 0.3 is 6.03 Å². The van der Waals surface area contributed by atoms with E-state index < -0.39 is 6.03 Å². The summed E-state index contributed by atoms with van der Waals surface area (Å²) in [6.45, 7) is 1.66. The van der Waals surface area contributed by atoms with Gasteiger partial charge in [-0.1, -0.05) is 18.2 Å². The highest BCUT2D eigenvalue weighted by Crippen LogP contribution is 2.12. The fraction of sp³-hybridized carbons (Fsp3) is 0.0909. The number of amides is 1. The second kappa shape index (κ2) is 3.24. The molecule has 1 amide bonds. The van der Waals surface area contributed by atoms with Crippen LogP contribution in [0.5, 0.6) is 0 Å². The molecule has 0 spiro atoms. The van der Waals surface area contributed by atoms with Crippen molar-refractivity contribution < 1.29 is 4.79 Å². The van der Waals surface area contributed by atoms with Crippen molar-refractivity contribution in [2.75, 3.05) is 0 Å². The fourth-order valence-corrected chi connectivity index (χ4v) is 1.61. The van der Waals surface area contributed by atoms with Crippen LogP contribution in [-0.4, -0.2) is 10.6 Å². The van der Waals surface area contributed by atoms with E-state index >= 15 is 0 Å². The van der Waals surface area contributed by atoms with Gasteiger partial charge in [-0.15, -0.1) is 0 Å². The number of hydrogen-bond acceptors (Lipinski definition) is 2. The predicted molar refractivity (Wildman–Crippen MR) is 57.9 cm³/mol. The van der Waals surface area contributed by atoms with Crippen LogP contribution < -0.4 is 11.3 Å². The minimum absolute atomic E-state index is 0.360. The molecule has 0 aliphatic heterocycles. The molecule has 2 aromatic rings. The Morgan fingerprint density at radius 3 is 2.67 bits per heavy atom. The van der Waals surface area contributed by atoms with E-state index in [1.165, 1.54) is 0 Å². The number of rotatable bonds is 0. The molecule has 1 heterocycles. The molecule has 15 heavy (non-hydrogen) atoms. The number of hydrogen-bond donors (Lipinski definition) is 1. The van der Waals surface area contributed by atoms with Crippen molar-refractivity contribution in [1.82, 2.24) is 4.57 Å². The van der Waals surface area contributed by atoms with E-state index in [0.29, 0.717) is 11.1 Å². The van der Waals surface area contributed by atoms with Gasteiger partial charge in [-0.05, 0) is 24.4 Å². The van der Waals surface area contributed by atoms with Crippen LogP contribution in [0.2, 0.25) is 0 Å². The molecule has 0 fully saturated rings. The number of aryl methyl sites for hydroxylation is 1. The molecule has 0 unspecified atom stereocenters. The van der Waals surface area contributed by atoms with E-state index in [9.17, 15) is 9.59 Å². The number of para-hydroxylation sites is 1. The standard InChI is InChI=1S/C11H10N2O2/c1-7-6-8-4-2-3-5-9(8)13(10(7)14)11(12)15/h2-6H,1H3,(H2,12,15). The summed E-state index contributed by atoms with van der Waals surface area (Å²) in [6.07, 6.45) is 0. The fourth-order valence-electron chi connectivity index (χ4n) is 1.61. The van der Waals surface area contributed by atoms with E-state index in [0.717, 1.165) is 9.95 Å². The third-order valence-electron chi connectivity index (χ3n) is 2.31. The molecular formula is C11H10N2O2. The lowest BCUT2D eigenvalue weighted by Gasteiger charge is -2.06. The van der Waals surface area contributed by atoms with E-state index in [1.807, 2.05) is 12.1 Å². The van der Waals surface area contributed by atoms with Crippen LogP contribution in [0.15, 0.2) is 35.1 Å². The lowest BCUT2D eigenvalue weighted by Crippen LogP contribution is -2.32. The van der Waals surface area contributed by atoms with Gasteiger partial charge in [0, 0.05) is 5.56 Å². The summed E-state index contributed by atoms with van der Waals surface area (Å²) < 4.78 is 0.991. The zero-order valence-electron chi connectivity index (χ0n) is 8.23. The Balaban J connectivity index is 3.02. The Bertz CT molecular complexity index is 599. The topological polar surface area (TPSA) is 65.1 Å². The number of pyridine rings is 1. The van der Waals surface area contributed by atoms with Crippen LogP contribution in [0.3, 0.4) is 0 Å². The van der Waals surface area contributed by atoms with Gasteiger partial charge in [-0.25, -0.2) is 9.36 Å². The molecular weight excluding hydrogens is 192 g/mol. The third kappa shape index (κ3) is 1.40. The molecule has 1 aromatic carbocycles. The minimum Gasteiger partial charge on any atom is -0.351 e. The number of primary amides is 1. The number of nitrogens with two attached hydrogens (primary N) is 1. The van der Waals surface area contributed by atoms with Gasteiger partial charge in [-0.2, -0.15) is 0 Å². The molecule has 2 N–H and O–H groups in total. The minimum atomic E-state index is -0.750. The van der Waals surface area contributed by atoms with Gasteiger partial charge in [0.2, 0.25) is 0 Å². The maximum Gasteiger partial charge on any atom is 0.326 e. The Morgan fingerprint density at radius 2 is 2.00 bits per heavy atom. The highest BCUT2D eigenvalue weighted by atomic mass is 16.2. The summed E-state index contributed by atoms with van der Waals surface area (Å²) in [5.41, 5.74) is 5.86. The molecule has 0 aliphatic carbocycles. The van der Waals surface area contributed by atoms with Crippen molar-refractivity contribution in [2.24, 2.45) is 5.73 Å². The summed E-state index contributed by atoms with van der Waals surface area (Å²) in [5, 5.41) is 0.827. The summed E-state index contributed by atoms with van der Waals surface area (Å²) in [5.74, 6) is 0. The number of nitrogens with zero attached hydrogens (tertiary/aromatic N) is 1. The first-order valence-electron chi connectivity index (χ1n) is 4.52. The molecule has 0 saturated heterocycles. The van der Waals surface area contributed by atoms with Gasteiger partial charge in [0.05, 0.1) is 5.52 Å². The number of fused-ring (bicyclic) bond motifs is 1.